The van der Waals surface area contributed by atoms with Crippen LogP contribution in [0.2, 0.25) is 0 Å². The minimum Gasteiger partial charge on any atom is -0.383 e. The SMILES string of the molecule is COCCN(CCOC)C(=O)C1(N)CCOCC1.Cl. The lowest BCUT2D eigenvalue weighted by molar-refractivity contribution is -0.141. The third kappa shape index (κ3) is 5.62. The summed E-state index contributed by atoms with van der Waals surface area (Å²) in [6, 6.07) is 0. The van der Waals surface area contributed by atoms with Gasteiger partial charge in [-0.2, -0.15) is 0 Å². The molecule has 114 valence electrons. The van der Waals surface area contributed by atoms with Crippen LogP contribution in [0.3, 0.4) is 0 Å². The van der Waals surface area contributed by atoms with Crippen molar-refractivity contribution in [3.05, 3.63) is 0 Å². The summed E-state index contributed by atoms with van der Waals surface area (Å²) < 4.78 is 15.3. The molecule has 1 rings (SSSR count). The van der Waals surface area contributed by atoms with Gasteiger partial charge in [-0.1, -0.05) is 0 Å². The molecular formula is C12H25ClN2O4. The Morgan fingerprint density at radius 3 is 2.11 bits per heavy atom. The maximum Gasteiger partial charge on any atom is 0.242 e. The average molecular weight is 297 g/mol. The van der Waals surface area contributed by atoms with Crippen molar-refractivity contribution in [1.82, 2.24) is 4.90 Å². The second kappa shape index (κ2) is 9.50. The minimum atomic E-state index is -0.792. The number of amides is 1. The highest BCUT2D eigenvalue weighted by atomic mass is 35.5. The molecule has 2 N–H and O–H groups in total. The molecule has 0 bridgehead atoms. The molecule has 0 unspecified atom stereocenters. The van der Waals surface area contributed by atoms with Crippen LogP contribution >= 0.6 is 12.4 Å². The van der Waals surface area contributed by atoms with Crippen molar-refractivity contribution in [1.29, 1.82) is 0 Å². The van der Waals surface area contributed by atoms with Crippen molar-refractivity contribution in [3.8, 4) is 0 Å². The van der Waals surface area contributed by atoms with Gasteiger partial charge >= 0.3 is 0 Å². The number of hydrogen-bond donors (Lipinski definition) is 1. The Morgan fingerprint density at radius 2 is 1.68 bits per heavy atom. The predicted octanol–water partition coefficient (Wildman–Crippen LogP) is 0.0375. The Labute approximate surface area is 121 Å². The van der Waals surface area contributed by atoms with Gasteiger partial charge in [0.15, 0.2) is 0 Å². The number of nitrogens with zero attached hydrogens (tertiary/aromatic N) is 1. The number of carbonyl (C=O) groups is 1. The molecule has 0 spiro atoms. The summed E-state index contributed by atoms with van der Waals surface area (Å²) in [5.41, 5.74) is 5.40. The van der Waals surface area contributed by atoms with Crippen LogP contribution in [0, 0.1) is 0 Å². The molecule has 1 fully saturated rings. The smallest absolute Gasteiger partial charge is 0.242 e. The highest BCUT2D eigenvalue weighted by molar-refractivity contribution is 5.86. The van der Waals surface area contributed by atoms with Crippen LogP contribution in [0.4, 0.5) is 0 Å². The topological polar surface area (TPSA) is 74.0 Å². The van der Waals surface area contributed by atoms with Gasteiger partial charge in [0.2, 0.25) is 5.91 Å². The highest BCUT2D eigenvalue weighted by Crippen LogP contribution is 2.20. The molecule has 1 aliphatic rings. The Hall–Kier alpha value is -0.400. The molecule has 0 aromatic heterocycles. The van der Waals surface area contributed by atoms with Crippen molar-refractivity contribution >= 4 is 18.3 Å². The normalized spacial score (nSPS) is 17.6. The van der Waals surface area contributed by atoms with Crippen LogP contribution in [0.15, 0.2) is 0 Å². The number of carbonyl (C=O) groups excluding carboxylic acids is 1. The fourth-order valence-corrected chi connectivity index (χ4v) is 1.98. The quantitative estimate of drug-likeness (QED) is 0.718. The van der Waals surface area contributed by atoms with E-state index in [1.54, 1.807) is 19.1 Å². The number of halogens is 1. The van der Waals surface area contributed by atoms with Crippen LogP contribution in [0.25, 0.3) is 0 Å². The van der Waals surface area contributed by atoms with Crippen molar-refractivity contribution in [2.24, 2.45) is 5.73 Å². The first kappa shape index (κ1) is 18.6. The van der Waals surface area contributed by atoms with Gasteiger partial charge in [-0.3, -0.25) is 4.79 Å². The largest absolute Gasteiger partial charge is 0.383 e. The monoisotopic (exact) mass is 296 g/mol. The minimum absolute atomic E-state index is 0. The molecule has 19 heavy (non-hydrogen) atoms. The van der Waals surface area contributed by atoms with Crippen molar-refractivity contribution < 1.29 is 19.0 Å². The lowest BCUT2D eigenvalue weighted by atomic mass is 9.89. The van der Waals surface area contributed by atoms with E-state index in [1.165, 1.54) is 0 Å². The molecule has 1 aliphatic heterocycles. The number of hydrogen-bond acceptors (Lipinski definition) is 5. The first-order valence-corrected chi connectivity index (χ1v) is 6.28. The van der Waals surface area contributed by atoms with Crippen LogP contribution in [-0.4, -0.2) is 70.1 Å². The number of nitrogens with two attached hydrogens (primary N) is 1. The lowest BCUT2D eigenvalue weighted by Gasteiger charge is -2.36. The molecular weight excluding hydrogens is 272 g/mol. The molecule has 0 radical (unpaired) electrons. The maximum absolute atomic E-state index is 12.5. The number of rotatable bonds is 7. The van der Waals surface area contributed by atoms with Crippen molar-refractivity contribution in [3.63, 3.8) is 0 Å². The molecule has 0 aromatic rings. The highest BCUT2D eigenvalue weighted by Gasteiger charge is 2.38. The molecule has 0 aliphatic carbocycles. The number of ether oxygens (including phenoxy) is 3. The zero-order chi connectivity index (χ0) is 13.4. The average Bonchev–Trinajstić information content (AvgIpc) is 2.39. The fourth-order valence-electron chi connectivity index (χ4n) is 1.98. The van der Waals surface area contributed by atoms with E-state index >= 15 is 0 Å². The summed E-state index contributed by atoms with van der Waals surface area (Å²) in [5.74, 6) is -0.0279. The van der Waals surface area contributed by atoms with Gasteiger partial charge in [0, 0.05) is 40.5 Å². The first-order chi connectivity index (χ1) is 8.64. The fraction of sp³-hybridized carbons (Fsp3) is 0.917. The summed E-state index contributed by atoms with van der Waals surface area (Å²) in [4.78, 5) is 14.2. The van der Waals surface area contributed by atoms with Gasteiger partial charge in [0.25, 0.3) is 0 Å². The Balaban J connectivity index is 0.00000324. The summed E-state index contributed by atoms with van der Waals surface area (Å²) in [6.07, 6.45) is 1.14. The third-order valence-corrected chi connectivity index (χ3v) is 3.23. The van der Waals surface area contributed by atoms with E-state index in [9.17, 15) is 4.79 Å². The van der Waals surface area contributed by atoms with E-state index < -0.39 is 5.54 Å². The molecule has 0 aromatic carbocycles. The second-order valence-electron chi connectivity index (χ2n) is 4.55. The summed E-state index contributed by atoms with van der Waals surface area (Å²) >= 11 is 0. The van der Waals surface area contributed by atoms with E-state index in [1.807, 2.05) is 0 Å². The molecule has 1 amide bonds. The Morgan fingerprint density at radius 1 is 1.21 bits per heavy atom. The lowest BCUT2D eigenvalue weighted by Crippen LogP contribution is -2.59. The zero-order valence-corrected chi connectivity index (χ0v) is 12.5. The third-order valence-electron chi connectivity index (χ3n) is 3.23. The molecule has 6 nitrogen and oxygen atoms in total. The molecule has 1 heterocycles. The Bertz CT molecular complexity index is 252. The standard InChI is InChI=1S/C12H24N2O4.ClH/c1-16-9-5-14(6-10-17-2)11(15)12(13)3-7-18-8-4-12;/h3-10,13H2,1-2H3;1H. The van der Waals surface area contributed by atoms with E-state index in [-0.39, 0.29) is 18.3 Å². The summed E-state index contributed by atoms with van der Waals surface area (Å²) in [7, 11) is 3.23. The van der Waals surface area contributed by atoms with E-state index in [2.05, 4.69) is 0 Å². The second-order valence-corrected chi connectivity index (χ2v) is 4.55. The zero-order valence-electron chi connectivity index (χ0n) is 11.7. The molecule has 0 atom stereocenters. The van der Waals surface area contributed by atoms with Crippen LogP contribution < -0.4 is 5.73 Å². The van der Waals surface area contributed by atoms with Gasteiger partial charge in [-0.15, -0.1) is 12.4 Å². The van der Waals surface area contributed by atoms with Crippen LogP contribution in [-0.2, 0) is 19.0 Å². The van der Waals surface area contributed by atoms with Gasteiger partial charge in [0.05, 0.1) is 18.8 Å². The number of methoxy groups -OCH3 is 2. The van der Waals surface area contributed by atoms with Crippen molar-refractivity contribution in [2.75, 3.05) is 53.7 Å². The van der Waals surface area contributed by atoms with E-state index in [0.717, 1.165) is 0 Å². The summed E-state index contributed by atoms with van der Waals surface area (Å²) in [6.45, 7) is 3.18. The predicted molar refractivity (Wildman–Crippen MR) is 74.6 cm³/mol. The molecule has 1 saturated heterocycles. The van der Waals surface area contributed by atoms with Crippen LogP contribution in [0.1, 0.15) is 12.8 Å². The van der Waals surface area contributed by atoms with E-state index in [0.29, 0.717) is 52.4 Å². The van der Waals surface area contributed by atoms with Gasteiger partial charge in [-0.05, 0) is 12.8 Å². The summed E-state index contributed by atoms with van der Waals surface area (Å²) in [5, 5.41) is 0. The van der Waals surface area contributed by atoms with Gasteiger partial charge in [0.1, 0.15) is 0 Å². The Kier molecular flexibility index (Phi) is 9.30. The van der Waals surface area contributed by atoms with Crippen LogP contribution in [0.5, 0.6) is 0 Å². The van der Waals surface area contributed by atoms with Gasteiger partial charge < -0.3 is 24.8 Å². The first-order valence-electron chi connectivity index (χ1n) is 6.28. The molecule has 0 saturated carbocycles. The van der Waals surface area contributed by atoms with Gasteiger partial charge in [-0.25, -0.2) is 0 Å². The van der Waals surface area contributed by atoms with E-state index in [4.69, 9.17) is 19.9 Å². The van der Waals surface area contributed by atoms with Crippen molar-refractivity contribution in [2.45, 2.75) is 18.4 Å². The maximum atomic E-state index is 12.5. The molecule has 7 heteroatoms.